The number of nitrogens with two attached hydrogens (primary N) is 1. The van der Waals surface area contributed by atoms with Gasteiger partial charge in [0.15, 0.2) is 0 Å². The molecule has 0 bridgehead atoms. The molecule has 1 aromatic heterocycles. The molecule has 0 radical (unpaired) electrons. The standard InChI is InChI=1S/C16H17N3O/c17-14-5-1-4-13(9-14)16(20)19(15-6-7-15)11-12-3-2-8-18-10-12/h1-5,8-10,15H,6-7,11,17H2. The fourth-order valence-corrected chi connectivity index (χ4v) is 2.28. The van der Waals surface area contributed by atoms with E-state index >= 15 is 0 Å². The van der Waals surface area contributed by atoms with Gasteiger partial charge in [0.2, 0.25) is 0 Å². The molecule has 3 rings (SSSR count). The lowest BCUT2D eigenvalue weighted by Gasteiger charge is -2.22. The van der Waals surface area contributed by atoms with Gasteiger partial charge in [0, 0.05) is 36.2 Å². The van der Waals surface area contributed by atoms with E-state index in [9.17, 15) is 4.79 Å². The summed E-state index contributed by atoms with van der Waals surface area (Å²) in [5.74, 6) is 0.0450. The maximum atomic E-state index is 12.6. The average molecular weight is 267 g/mol. The van der Waals surface area contributed by atoms with Gasteiger partial charge in [0.25, 0.3) is 5.91 Å². The van der Waals surface area contributed by atoms with E-state index in [4.69, 9.17) is 5.73 Å². The van der Waals surface area contributed by atoms with Crippen molar-refractivity contribution >= 4 is 11.6 Å². The Morgan fingerprint density at radius 1 is 1.30 bits per heavy atom. The molecule has 0 atom stereocenters. The Balaban J connectivity index is 1.82. The van der Waals surface area contributed by atoms with E-state index in [1.165, 1.54) is 0 Å². The molecule has 0 spiro atoms. The third-order valence-electron chi connectivity index (χ3n) is 3.46. The number of pyridine rings is 1. The van der Waals surface area contributed by atoms with Crippen LogP contribution in [-0.2, 0) is 6.54 Å². The third kappa shape index (κ3) is 2.79. The highest BCUT2D eigenvalue weighted by Gasteiger charge is 2.33. The Morgan fingerprint density at radius 3 is 2.80 bits per heavy atom. The van der Waals surface area contributed by atoms with Crippen LogP contribution in [0.25, 0.3) is 0 Å². The number of nitrogen functional groups attached to an aromatic ring is 1. The van der Waals surface area contributed by atoms with Crippen LogP contribution in [0.5, 0.6) is 0 Å². The van der Waals surface area contributed by atoms with Crippen molar-refractivity contribution in [2.24, 2.45) is 0 Å². The monoisotopic (exact) mass is 267 g/mol. The number of hydrogen-bond acceptors (Lipinski definition) is 3. The van der Waals surface area contributed by atoms with Crippen molar-refractivity contribution in [3.8, 4) is 0 Å². The number of hydrogen-bond donors (Lipinski definition) is 1. The molecule has 20 heavy (non-hydrogen) atoms. The predicted octanol–water partition coefficient (Wildman–Crippen LogP) is 2.47. The van der Waals surface area contributed by atoms with Crippen molar-refractivity contribution in [1.29, 1.82) is 0 Å². The fourth-order valence-electron chi connectivity index (χ4n) is 2.28. The lowest BCUT2D eigenvalue weighted by Crippen LogP contribution is -2.32. The zero-order chi connectivity index (χ0) is 13.9. The number of aromatic nitrogens is 1. The van der Waals surface area contributed by atoms with Gasteiger partial charge in [-0.1, -0.05) is 12.1 Å². The number of carbonyl (C=O) groups excluding carboxylic acids is 1. The summed E-state index contributed by atoms with van der Waals surface area (Å²) in [5, 5.41) is 0. The van der Waals surface area contributed by atoms with E-state index in [1.54, 1.807) is 18.3 Å². The summed E-state index contributed by atoms with van der Waals surface area (Å²) in [6.45, 7) is 0.603. The fraction of sp³-hybridized carbons (Fsp3) is 0.250. The zero-order valence-corrected chi connectivity index (χ0v) is 11.2. The molecular formula is C16H17N3O. The van der Waals surface area contributed by atoms with Crippen LogP contribution in [0.4, 0.5) is 5.69 Å². The van der Waals surface area contributed by atoms with Crippen molar-refractivity contribution < 1.29 is 4.79 Å². The van der Waals surface area contributed by atoms with Gasteiger partial charge < -0.3 is 10.6 Å². The van der Waals surface area contributed by atoms with Gasteiger partial charge >= 0.3 is 0 Å². The van der Waals surface area contributed by atoms with Crippen LogP contribution < -0.4 is 5.73 Å². The number of amides is 1. The predicted molar refractivity (Wildman–Crippen MR) is 78.0 cm³/mol. The highest BCUT2D eigenvalue weighted by Crippen LogP contribution is 2.30. The van der Waals surface area contributed by atoms with Crippen molar-refractivity contribution in [3.05, 3.63) is 59.9 Å². The van der Waals surface area contributed by atoms with E-state index in [2.05, 4.69) is 4.98 Å². The molecule has 1 amide bonds. The van der Waals surface area contributed by atoms with E-state index in [0.717, 1.165) is 18.4 Å². The maximum Gasteiger partial charge on any atom is 0.254 e. The van der Waals surface area contributed by atoms with E-state index in [0.29, 0.717) is 23.8 Å². The Kier molecular flexibility index (Phi) is 3.37. The Hall–Kier alpha value is -2.36. The summed E-state index contributed by atoms with van der Waals surface area (Å²) in [7, 11) is 0. The van der Waals surface area contributed by atoms with E-state index < -0.39 is 0 Å². The first kappa shape index (κ1) is 12.7. The molecule has 4 heteroatoms. The Bertz CT molecular complexity index is 608. The smallest absolute Gasteiger partial charge is 0.254 e. The molecule has 0 unspecified atom stereocenters. The molecule has 1 heterocycles. The molecule has 2 aromatic rings. The molecule has 2 N–H and O–H groups in total. The summed E-state index contributed by atoms with van der Waals surface area (Å²) < 4.78 is 0. The molecule has 1 aromatic carbocycles. The summed E-state index contributed by atoms with van der Waals surface area (Å²) in [6, 6.07) is 11.4. The number of nitrogens with zero attached hydrogens (tertiary/aromatic N) is 2. The largest absolute Gasteiger partial charge is 0.399 e. The molecule has 1 aliphatic rings. The molecule has 1 aliphatic carbocycles. The van der Waals surface area contributed by atoms with E-state index in [-0.39, 0.29) is 5.91 Å². The third-order valence-corrected chi connectivity index (χ3v) is 3.46. The second-order valence-electron chi connectivity index (χ2n) is 5.15. The maximum absolute atomic E-state index is 12.6. The molecule has 1 fully saturated rings. The SMILES string of the molecule is Nc1cccc(C(=O)N(Cc2cccnc2)C2CC2)c1. The number of anilines is 1. The molecule has 4 nitrogen and oxygen atoms in total. The van der Waals surface area contributed by atoms with Crippen LogP contribution in [0.1, 0.15) is 28.8 Å². The first-order valence-electron chi connectivity index (χ1n) is 6.79. The lowest BCUT2D eigenvalue weighted by atomic mass is 10.1. The van der Waals surface area contributed by atoms with Gasteiger partial charge in [-0.05, 0) is 42.7 Å². The van der Waals surface area contributed by atoms with Crippen molar-refractivity contribution in [2.75, 3.05) is 5.73 Å². The summed E-state index contributed by atoms with van der Waals surface area (Å²) in [4.78, 5) is 18.7. The van der Waals surface area contributed by atoms with Crippen LogP contribution in [0.2, 0.25) is 0 Å². The normalized spacial score (nSPS) is 14.0. The molecule has 102 valence electrons. The van der Waals surface area contributed by atoms with Gasteiger partial charge in [0.05, 0.1) is 0 Å². The minimum atomic E-state index is 0.0450. The highest BCUT2D eigenvalue weighted by molar-refractivity contribution is 5.95. The number of carbonyl (C=O) groups is 1. The van der Waals surface area contributed by atoms with Gasteiger partial charge in [-0.15, -0.1) is 0 Å². The lowest BCUT2D eigenvalue weighted by molar-refractivity contribution is 0.0730. The molecule has 1 saturated carbocycles. The quantitative estimate of drug-likeness (QED) is 0.866. The molecular weight excluding hydrogens is 250 g/mol. The zero-order valence-electron chi connectivity index (χ0n) is 11.2. The first-order valence-corrected chi connectivity index (χ1v) is 6.79. The highest BCUT2D eigenvalue weighted by atomic mass is 16.2. The van der Waals surface area contributed by atoms with Crippen molar-refractivity contribution in [3.63, 3.8) is 0 Å². The Labute approximate surface area is 118 Å². The van der Waals surface area contributed by atoms with Gasteiger partial charge in [-0.2, -0.15) is 0 Å². The number of rotatable bonds is 4. The van der Waals surface area contributed by atoms with Crippen molar-refractivity contribution in [1.82, 2.24) is 9.88 Å². The second-order valence-corrected chi connectivity index (χ2v) is 5.15. The summed E-state index contributed by atoms with van der Waals surface area (Å²) >= 11 is 0. The van der Waals surface area contributed by atoms with Crippen LogP contribution in [0.3, 0.4) is 0 Å². The second kappa shape index (κ2) is 5.33. The Morgan fingerprint density at radius 2 is 2.15 bits per heavy atom. The summed E-state index contributed by atoms with van der Waals surface area (Å²) in [5.41, 5.74) is 8.08. The first-order chi connectivity index (χ1) is 9.74. The minimum Gasteiger partial charge on any atom is -0.399 e. The van der Waals surface area contributed by atoms with Crippen LogP contribution in [-0.4, -0.2) is 21.8 Å². The molecule has 0 aliphatic heterocycles. The minimum absolute atomic E-state index is 0.0450. The van der Waals surface area contributed by atoms with Crippen molar-refractivity contribution in [2.45, 2.75) is 25.4 Å². The van der Waals surface area contributed by atoms with E-state index in [1.807, 2.05) is 35.4 Å². The summed E-state index contributed by atoms with van der Waals surface area (Å²) in [6.07, 6.45) is 5.70. The van der Waals surface area contributed by atoms with Crippen LogP contribution in [0, 0.1) is 0 Å². The van der Waals surface area contributed by atoms with Crippen LogP contribution >= 0.6 is 0 Å². The number of benzene rings is 1. The average Bonchev–Trinajstić information content (AvgIpc) is 3.30. The molecule has 0 saturated heterocycles. The van der Waals surface area contributed by atoms with Gasteiger partial charge in [-0.3, -0.25) is 9.78 Å². The topological polar surface area (TPSA) is 59.2 Å². The van der Waals surface area contributed by atoms with Gasteiger partial charge in [-0.25, -0.2) is 0 Å². The van der Waals surface area contributed by atoms with Gasteiger partial charge in [0.1, 0.15) is 0 Å². The van der Waals surface area contributed by atoms with Crippen LogP contribution in [0.15, 0.2) is 48.8 Å².